The van der Waals surface area contributed by atoms with Gasteiger partial charge in [0.25, 0.3) is 0 Å². The molecule has 7 nitrogen and oxygen atoms in total. The molecule has 2 N–H and O–H groups in total. The molecule has 3 aromatic rings. The molecule has 0 aliphatic carbocycles. The van der Waals surface area contributed by atoms with Crippen LogP contribution >= 0.6 is 11.6 Å². The fraction of sp³-hybridized carbons (Fsp3) is 0.235. The van der Waals surface area contributed by atoms with Crippen molar-refractivity contribution in [2.24, 2.45) is 7.05 Å². The fourth-order valence-corrected chi connectivity index (χ4v) is 2.53. The molecule has 0 bridgehead atoms. The monoisotopic (exact) mass is 358 g/mol. The minimum absolute atomic E-state index is 0.0789. The standard InChI is InChI=1S/C17H19ClN6O/c1-24-10-13(8-20-24)21-17-19-9-14(18)16(23-17)22-15(11-25-2)12-6-4-3-5-7-12/h3-10,15H,11H2,1-2H3,(H2,19,21,22,23). The van der Waals surface area contributed by atoms with Crippen molar-refractivity contribution in [3.05, 3.63) is 59.5 Å². The van der Waals surface area contributed by atoms with Gasteiger partial charge in [-0.1, -0.05) is 41.9 Å². The number of nitrogens with one attached hydrogen (secondary N) is 2. The van der Waals surface area contributed by atoms with Crippen LogP contribution in [0.15, 0.2) is 48.9 Å². The molecule has 2 aromatic heterocycles. The van der Waals surface area contributed by atoms with Gasteiger partial charge in [-0.15, -0.1) is 0 Å². The fourth-order valence-electron chi connectivity index (χ4n) is 2.38. The molecule has 0 aliphatic rings. The molecule has 0 saturated carbocycles. The van der Waals surface area contributed by atoms with Gasteiger partial charge in [0.1, 0.15) is 5.02 Å². The van der Waals surface area contributed by atoms with E-state index in [1.165, 1.54) is 0 Å². The van der Waals surface area contributed by atoms with Crippen LogP contribution < -0.4 is 10.6 Å². The Morgan fingerprint density at radius 1 is 1.24 bits per heavy atom. The van der Waals surface area contributed by atoms with Crippen LogP contribution in [0.4, 0.5) is 17.5 Å². The number of nitrogens with zero attached hydrogens (tertiary/aromatic N) is 4. The molecule has 2 heterocycles. The van der Waals surface area contributed by atoms with Crippen molar-refractivity contribution in [1.82, 2.24) is 19.7 Å². The second kappa shape index (κ2) is 7.96. The molecule has 3 rings (SSSR count). The maximum absolute atomic E-state index is 6.26. The van der Waals surface area contributed by atoms with E-state index in [0.29, 0.717) is 23.4 Å². The summed E-state index contributed by atoms with van der Waals surface area (Å²) in [6.07, 6.45) is 5.09. The Morgan fingerprint density at radius 2 is 2.04 bits per heavy atom. The van der Waals surface area contributed by atoms with Crippen LogP contribution in [0.5, 0.6) is 0 Å². The smallest absolute Gasteiger partial charge is 0.229 e. The van der Waals surface area contributed by atoms with Crippen LogP contribution in [0.2, 0.25) is 5.02 Å². The highest BCUT2D eigenvalue weighted by Gasteiger charge is 2.15. The summed E-state index contributed by atoms with van der Waals surface area (Å²) in [5.41, 5.74) is 1.88. The Hall–Kier alpha value is -2.64. The third-order valence-electron chi connectivity index (χ3n) is 3.55. The van der Waals surface area contributed by atoms with E-state index in [1.807, 2.05) is 43.6 Å². The van der Waals surface area contributed by atoms with Crippen LogP contribution in [0.3, 0.4) is 0 Å². The largest absolute Gasteiger partial charge is 0.382 e. The van der Waals surface area contributed by atoms with Crippen molar-refractivity contribution in [3.8, 4) is 0 Å². The maximum atomic E-state index is 6.26. The molecule has 1 unspecified atom stereocenters. The summed E-state index contributed by atoms with van der Waals surface area (Å²) in [7, 11) is 3.50. The van der Waals surface area contributed by atoms with Gasteiger partial charge < -0.3 is 15.4 Å². The highest BCUT2D eigenvalue weighted by molar-refractivity contribution is 6.32. The maximum Gasteiger partial charge on any atom is 0.229 e. The zero-order valence-electron chi connectivity index (χ0n) is 14.0. The van der Waals surface area contributed by atoms with Crippen molar-refractivity contribution >= 4 is 29.1 Å². The molecule has 0 spiro atoms. The number of ether oxygens (including phenoxy) is 1. The van der Waals surface area contributed by atoms with E-state index in [1.54, 1.807) is 24.2 Å². The molecular weight excluding hydrogens is 340 g/mol. The van der Waals surface area contributed by atoms with E-state index in [-0.39, 0.29) is 6.04 Å². The summed E-state index contributed by atoms with van der Waals surface area (Å²) in [5.74, 6) is 0.970. The van der Waals surface area contributed by atoms with Gasteiger partial charge in [0.05, 0.1) is 30.7 Å². The minimum atomic E-state index is -0.0789. The van der Waals surface area contributed by atoms with E-state index in [9.17, 15) is 0 Å². The lowest BCUT2D eigenvalue weighted by molar-refractivity contribution is 0.186. The van der Waals surface area contributed by atoms with Crippen LogP contribution in [0.25, 0.3) is 0 Å². The number of benzene rings is 1. The van der Waals surface area contributed by atoms with Gasteiger partial charge in [-0.2, -0.15) is 10.1 Å². The third-order valence-corrected chi connectivity index (χ3v) is 3.83. The van der Waals surface area contributed by atoms with E-state index >= 15 is 0 Å². The lowest BCUT2D eigenvalue weighted by Gasteiger charge is -2.20. The first-order valence-electron chi connectivity index (χ1n) is 7.74. The minimum Gasteiger partial charge on any atom is -0.382 e. The summed E-state index contributed by atoms with van der Waals surface area (Å²) in [4.78, 5) is 8.67. The average molecular weight is 359 g/mol. The summed E-state index contributed by atoms with van der Waals surface area (Å²) in [5, 5.41) is 11.0. The molecule has 0 saturated heterocycles. The van der Waals surface area contributed by atoms with Crippen molar-refractivity contribution in [2.45, 2.75) is 6.04 Å². The summed E-state index contributed by atoms with van der Waals surface area (Å²) < 4.78 is 7.02. The second-order valence-electron chi connectivity index (χ2n) is 5.48. The number of rotatable bonds is 7. The topological polar surface area (TPSA) is 76.9 Å². The lowest BCUT2D eigenvalue weighted by atomic mass is 10.1. The van der Waals surface area contributed by atoms with Gasteiger partial charge in [0.2, 0.25) is 5.95 Å². The Labute approximate surface area is 151 Å². The Bertz CT molecular complexity index is 823. The van der Waals surface area contributed by atoms with Gasteiger partial charge in [-0.3, -0.25) is 4.68 Å². The molecule has 0 aliphatic heterocycles. The van der Waals surface area contributed by atoms with E-state index in [4.69, 9.17) is 16.3 Å². The zero-order valence-corrected chi connectivity index (χ0v) is 14.7. The number of aromatic nitrogens is 4. The molecule has 0 fully saturated rings. The summed E-state index contributed by atoms with van der Waals surface area (Å²) in [6.45, 7) is 0.482. The number of hydrogen-bond donors (Lipinski definition) is 2. The zero-order chi connectivity index (χ0) is 17.6. The molecule has 8 heteroatoms. The predicted octanol–water partition coefficient (Wildman–Crippen LogP) is 3.41. The number of aryl methyl sites for hydroxylation is 1. The normalized spacial score (nSPS) is 12.0. The van der Waals surface area contributed by atoms with Gasteiger partial charge in [0.15, 0.2) is 5.82 Å². The number of anilines is 3. The highest BCUT2D eigenvalue weighted by atomic mass is 35.5. The molecule has 25 heavy (non-hydrogen) atoms. The van der Waals surface area contributed by atoms with Gasteiger partial charge in [-0.25, -0.2) is 4.98 Å². The number of methoxy groups -OCH3 is 1. The molecule has 0 amide bonds. The highest BCUT2D eigenvalue weighted by Crippen LogP contribution is 2.26. The van der Waals surface area contributed by atoms with E-state index < -0.39 is 0 Å². The second-order valence-corrected chi connectivity index (χ2v) is 5.89. The van der Waals surface area contributed by atoms with Crippen LogP contribution in [0, 0.1) is 0 Å². The SMILES string of the molecule is COCC(Nc1nc(Nc2cnn(C)c2)ncc1Cl)c1ccccc1. The first-order valence-corrected chi connectivity index (χ1v) is 8.12. The van der Waals surface area contributed by atoms with Crippen LogP contribution in [-0.2, 0) is 11.8 Å². The third kappa shape index (κ3) is 4.46. The first-order chi connectivity index (χ1) is 12.2. The summed E-state index contributed by atoms with van der Waals surface area (Å²) >= 11 is 6.26. The molecule has 0 radical (unpaired) electrons. The Balaban J connectivity index is 1.81. The van der Waals surface area contributed by atoms with Crippen molar-refractivity contribution in [2.75, 3.05) is 24.4 Å². The molecule has 1 atom stereocenters. The predicted molar refractivity (Wildman–Crippen MR) is 98.2 cm³/mol. The number of hydrogen-bond acceptors (Lipinski definition) is 6. The molecule has 130 valence electrons. The van der Waals surface area contributed by atoms with Gasteiger partial charge in [-0.05, 0) is 5.56 Å². The van der Waals surface area contributed by atoms with Crippen LogP contribution in [0.1, 0.15) is 11.6 Å². The quantitative estimate of drug-likeness (QED) is 0.674. The summed E-state index contributed by atoms with van der Waals surface area (Å²) in [6, 6.07) is 9.92. The van der Waals surface area contributed by atoms with Crippen molar-refractivity contribution < 1.29 is 4.74 Å². The molecular formula is C17H19ClN6O. The van der Waals surface area contributed by atoms with Crippen molar-refractivity contribution in [3.63, 3.8) is 0 Å². The van der Waals surface area contributed by atoms with Gasteiger partial charge >= 0.3 is 0 Å². The Morgan fingerprint density at radius 3 is 2.72 bits per heavy atom. The van der Waals surface area contributed by atoms with Crippen LogP contribution in [-0.4, -0.2) is 33.5 Å². The average Bonchev–Trinajstić information content (AvgIpc) is 3.03. The Kier molecular flexibility index (Phi) is 5.47. The van der Waals surface area contributed by atoms with Gasteiger partial charge in [0, 0.05) is 20.4 Å². The molecule has 1 aromatic carbocycles. The van der Waals surface area contributed by atoms with E-state index in [2.05, 4.69) is 25.7 Å². The lowest BCUT2D eigenvalue weighted by Crippen LogP contribution is -2.17. The first kappa shape index (κ1) is 17.2. The van der Waals surface area contributed by atoms with E-state index in [0.717, 1.165) is 11.3 Å². The van der Waals surface area contributed by atoms with Crippen molar-refractivity contribution in [1.29, 1.82) is 0 Å². The number of halogens is 1.